The Morgan fingerprint density at radius 2 is 1.79 bits per heavy atom. The van der Waals surface area contributed by atoms with Crippen molar-refractivity contribution in [3.63, 3.8) is 0 Å². The Morgan fingerprint density at radius 3 is 2.39 bits per heavy atom. The van der Waals surface area contributed by atoms with Crippen molar-refractivity contribution in [2.75, 3.05) is 19.5 Å². The highest BCUT2D eigenvalue weighted by atomic mass is 16.5. The maximum Gasteiger partial charge on any atom is 0.257 e. The van der Waals surface area contributed by atoms with E-state index in [4.69, 9.17) is 9.47 Å². The lowest BCUT2D eigenvalue weighted by Gasteiger charge is -2.10. The number of carbonyl (C=O) groups excluding carboxylic acids is 1. The Kier molecular flexibility index (Phi) is 6.27. The first-order chi connectivity index (χ1) is 13.6. The number of hydrogen-bond donors (Lipinski definition) is 1. The van der Waals surface area contributed by atoms with Gasteiger partial charge in [0.15, 0.2) is 0 Å². The van der Waals surface area contributed by atoms with Crippen molar-refractivity contribution in [1.29, 1.82) is 0 Å². The van der Waals surface area contributed by atoms with Crippen LogP contribution in [0.3, 0.4) is 0 Å². The monoisotopic (exact) mass is 376 g/mol. The molecule has 0 fully saturated rings. The Labute approximate surface area is 165 Å². The minimum atomic E-state index is -0.191. The number of nitrogens with one attached hydrogen (secondary N) is 1. The number of hydrogen-bond acceptors (Lipinski definition) is 4. The summed E-state index contributed by atoms with van der Waals surface area (Å²) in [4.78, 5) is 16.9. The molecule has 0 bridgehead atoms. The first-order valence-electron chi connectivity index (χ1n) is 9.23. The summed E-state index contributed by atoms with van der Waals surface area (Å²) in [5, 5.41) is 2.90. The Hall–Kier alpha value is -3.34. The van der Waals surface area contributed by atoms with Gasteiger partial charge in [0, 0.05) is 23.5 Å². The molecule has 0 atom stereocenters. The van der Waals surface area contributed by atoms with Crippen LogP contribution in [0.2, 0.25) is 0 Å². The van der Waals surface area contributed by atoms with Gasteiger partial charge in [-0.15, -0.1) is 0 Å². The van der Waals surface area contributed by atoms with E-state index in [1.807, 2.05) is 42.5 Å². The Morgan fingerprint density at radius 1 is 1.00 bits per heavy atom. The molecular formula is C23H24N2O3. The van der Waals surface area contributed by atoms with Gasteiger partial charge in [0.1, 0.15) is 11.5 Å². The molecule has 28 heavy (non-hydrogen) atoms. The third-order valence-corrected chi connectivity index (χ3v) is 4.46. The van der Waals surface area contributed by atoms with Crippen molar-refractivity contribution in [2.45, 2.75) is 19.8 Å². The summed E-state index contributed by atoms with van der Waals surface area (Å²) in [6, 6.07) is 17.0. The van der Waals surface area contributed by atoms with Crippen LogP contribution in [0, 0.1) is 0 Å². The summed E-state index contributed by atoms with van der Waals surface area (Å²) in [7, 11) is 3.21. The first kappa shape index (κ1) is 19.4. The van der Waals surface area contributed by atoms with Crippen molar-refractivity contribution in [1.82, 2.24) is 4.98 Å². The van der Waals surface area contributed by atoms with E-state index in [1.54, 1.807) is 32.5 Å². The van der Waals surface area contributed by atoms with Crippen molar-refractivity contribution in [3.05, 3.63) is 71.9 Å². The third-order valence-electron chi connectivity index (χ3n) is 4.46. The molecule has 1 N–H and O–H groups in total. The first-order valence-corrected chi connectivity index (χ1v) is 9.23. The lowest BCUT2D eigenvalue weighted by Crippen LogP contribution is -2.12. The Balaban J connectivity index is 1.74. The number of aryl methyl sites for hydroxylation is 1. The lowest BCUT2D eigenvalue weighted by molar-refractivity contribution is 0.102. The van der Waals surface area contributed by atoms with Crippen LogP contribution in [0.25, 0.3) is 11.3 Å². The molecule has 0 unspecified atom stereocenters. The predicted octanol–water partition coefficient (Wildman–Crippen LogP) is 4.97. The zero-order chi connectivity index (χ0) is 19.9. The second-order valence-corrected chi connectivity index (χ2v) is 6.40. The van der Waals surface area contributed by atoms with Gasteiger partial charge in [-0.05, 0) is 48.4 Å². The van der Waals surface area contributed by atoms with Crippen molar-refractivity contribution in [2.24, 2.45) is 0 Å². The van der Waals surface area contributed by atoms with E-state index in [0.29, 0.717) is 17.1 Å². The second kappa shape index (κ2) is 9.04. The number of anilines is 1. The summed E-state index contributed by atoms with van der Waals surface area (Å²) in [6.07, 6.45) is 3.71. The summed E-state index contributed by atoms with van der Waals surface area (Å²) in [5.74, 6) is 1.18. The van der Waals surface area contributed by atoms with Crippen molar-refractivity contribution >= 4 is 11.6 Å². The number of aromatic nitrogens is 1. The van der Waals surface area contributed by atoms with Gasteiger partial charge >= 0.3 is 0 Å². The fraction of sp³-hybridized carbons (Fsp3) is 0.217. The Bertz CT molecular complexity index is 935. The average molecular weight is 376 g/mol. The maximum atomic E-state index is 12.5. The van der Waals surface area contributed by atoms with Crippen LogP contribution in [0.15, 0.2) is 60.8 Å². The maximum absolute atomic E-state index is 12.5. The third kappa shape index (κ3) is 4.49. The van der Waals surface area contributed by atoms with Gasteiger partial charge in [0.2, 0.25) is 0 Å². The van der Waals surface area contributed by atoms with Gasteiger partial charge in [-0.1, -0.05) is 25.5 Å². The average Bonchev–Trinajstić information content (AvgIpc) is 2.75. The molecule has 0 aliphatic rings. The zero-order valence-electron chi connectivity index (χ0n) is 16.4. The van der Waals surface area contributed by atoms with E-state index < -0.39 is 0 Å². The van der Waals surface area contributed by atoms with Crippen LogP contribution in [0.4, 0.5) is 5.69 Å². The number of pyridine rings is 1. The van der Waals surface area contributed by atoms with Gasteiger partial charge in [0.25, 0.3) is 5.91 Å². The number of amides is 1. The molecule has 3 aromatic rings. The molecule has 0 aliphatic heterocycles. The molecule has 3 rings (SSSR count). The molecule has 0 saturated carbocycles. The van der Waals surface area contributed by atoms with Crippen LogP contribution < -0.4 is 14.8 Å². The summed E-state index contributed by atoms with van der Waals surface area (Å²) in [6.45, 7) is 2.15. The molecule has 5 nitrogen and oxygen atoms in total. The van der Waals surface area contributed by atoms with Gasteiger partial charge in [-0.3, -0.25) is 9.78 Å². The van der Waals surface area contributed by atoms with Gasteiger partial charge in [0.05, 0.1) is 25.5 Å². The smallest absolute Gasteiger partial charge is 0.257 e. The molecule has 0 spiro atoms. The van der Waals surface area contributed by atoms with E-state index >= 15 is 0 Å². The summed E-state index contributed by atoms with van der Waals surface area (Å²) < 4.78 is 10.6. The zero-order valence-corrected chi connectivity index (χ0v) is 16.4. The van der Waals surface area contributed by atoms with E-state index in [1.165, 1.54) is 5.56 Å². The number of ether oxygens (including phenoxy) is 2. The van der Waals surface area contributed by atoms with Gasteiger partial charge < -0.3 is 14.8 Å². The number of nitrogens with zero attached hydrogens (tertiary/aromatic N) is 1. The number of methoxy groups -OCH3 is 2. The van der Waals surface area contributed by atoms with Gasteiger partial charge in [-0.2, -0.15) is 0 Å². The number of benzene rings is 2. The molecule has 1 aromatic heterocycles. The van der Waals surface area contributed by atoms with Crippen LogP contribution in [-0.2, 0) is 6.42 Å². The van der Waals surface area contributed by atoms with E-state index in [9.17, 15) is 4.79 Å². The molecule has 5 heteroatoms. The number of carbonyl (C=O) groups is 1. The standard InChI is InChI=1S/C23H24N2O3/c1-4-5-16-6-9-18(10-7-16)25-23(26)17-8-13-21(24-15-17)20-12-11-19(27-2)14-22(20)28-3/h6-15H,4-5H2,1-3H3,(H,25,26). The van der Waals surface area contributed by atoms with E-state index in [-0.39, 0.29) is 5.91 Å². The van der Waals surface area contributed by atoms with Crippen LogP contribution in [0.5, 0.6) is 11.5 Å². The van der Waals surface area contributed by atoms with Crippen LogP contribution in [0.1, 0.15) is 29.3 Å². The van der Waals surface area contributed by atoms with Crippen LogP contribution >= 0.6 is 0 Å². The largest absolute Gasteiger partial charge is 0.497 e. The molecule has 1 amide bonds. The molecule has 2 aromatic carbocycles. The summed E-state index contributed by atoms with van der Waals surface area (Å²) in [5.41, 5.74) is 4.08. The van der Waals surface area contributed by atoms with Gasteiger partial charge in [-0.25, -0.2) is 0 Å². The molecule has 0 saturated heterocycles. The minimum absolute atomic E-state index is 0.191. The van der Waals surface area contributed by atoms with E-state index in [0.717, 1.165) is 29.8 Å². The molecular weight excluding hydrogens is 352 g/mol. The normalized spacial score (nSPS) is 10.4. The van der Waals surface area contributed by atoms with Crippen molar-refractivity contribution in [3.8, 4) is 22.8 Å². The van der Waals surface area contributed by atoms with Crippen molar-refractivity contribution < 1.29 is 14.3 Å². The number of rotatable bonds is 7. The molecule has 0 aliphatic carbocycles. The minimum Gasteiger partial charge on any atom is -0.497 e. The second-order valence-electron chi connectivity index (χ2n) is 6.40. The van der Waals surface area contributed by atoms with Crippen LogP contribution in [-0.4, -0.2) is 25.1 Å². The SMILES string of the molecule is CCCc1ccc(NC(=O)c2ccc(-c3ccc(OC)cc3OC)nc2)cc1. The topological polar surface area (TPSA) is 60.5 Å². The fourth-order valence-electron chi connectivity index (χ4n) is 2.94. The quantitative estimate of drug-likeness (QED) is 0.632. The fourth-order valence-corrected chi connectivity index (χ4v) is 2.94. The molecule has 1 heterocycles. The molecule has 144 valence electrons. The predicted molar refractivity (Wildman–Crippen MR) is 111 cm³/mol. The lowest BCUT2D eigenvalue weighted by atomic mass is 10.1. The highest BCUT2D eigenvalue weighted by Gasteiger charge is 2.11. The van der Waals surface area contributed by atoms with E-state index in [2.05, 4.69) is 17.2 Å². The highest BCUT2D eigenvalue weighted by Crippen LogP contribution is 2.32. The molecule has 0 radical (unpaired) electrons. The summed E-state index contributed by atoms with van der Waals surface area (Å²) >= 11 is 0. The highest BCUT2D eigenvalue weighted by molar-refractivity contribution is 6.04.